The van der Waals surface area contributed by atoms with Gasteiger partial charge in [0, 0.05) is 5.56 Å². The van der Waals surface area contributed by atoms with E-state index in [1.165, 1.54) is 0 Å². The monoisotopic (exact) mass is 256 g/mol. The summed E-state index contributed by atoms with van der Waals surface area (Å²) < 4.78 is 0. The molecule has 100 valence electrons. The molecule has 0 spiro atoms. The quantitative estimate of drug-likeness (QED) is 0.883. The molecule has 1 saturated carbocycles. The van der Waals surface area contributed by atoms with Gasteiger partial charge in [-0.2, -0.15) is 5.26 Å². The van der Waals surface area contributed by atoms with Crippen LogP contribution >= 0.6 is 0 Å². The summed E-state index contributed by atoms with van der Waals surface area (Å²) in [4.78, 5) is 12.5. The molecule has 0 atom stereocenters. The van der Waals surface area contributed by atoms with Crippen LogP contribution in [0.3, 0.4) is 0 Å². The van der Waals surface area contributed by atoms with Crippen molar-refractivity contribution in [3.63, 3.8) is 0 Å². The normalized spacial score (nSPS) is 17.5. The smallest absolute Gasteiger partial charge is 0.253 e. The zero-order valence-corrected chi connectivity index (χ0v) is 11.6. The van der Waals surface area contributed by atoms with E-state index in [1.807, 2.05) is 32.0 Å². The van der Waals surface area contributed by atoms with Crippen molar-refractivity contribution < 1.29 is 4.79 Å². The molecule has 1 aromatic carbocycles. The number of rotatable bonds is 2. The minimum atomic E-state index is -0.663. The molecule has 3 nitrogen and oxygen atoms in total. The number of nitriles is 1. The van der Waals surface area contributed by atoms with E-state index in [9.17, 15) is 10.1 Å². The van der Waals surface area contributed by atoms with Crippen molar-refractivity contribution in [2.24, 2.45) is 0 Å². The standard InChI is InChI=1S/C16H20N2O/c1-12-7-6-8-13(2)14(12)15(19)18-16(11-17)9-4-3-5-10-16/h6-8H,3-5,9-10H2,1-2H3,(H,18,19). The average molecular weight is 256 g/mol. The Morgan fingerprint density at radius 3 is 2.32 bits per heavy atom. The van der Waals surface area contributed by atoms with Gasteiger partial charge in [0.2, 0.25) is 0 Å². The first kappa shape index (κ1) is 13.6. The van der Waals surface area contributed by atoms with Crippen molar-refractivity contribution in [3.8, 4) is 6.07 Å². The summed E-state index contributed by atoms with van der Waals surface area (Å²) in [6.07, 6.45) is 4.71. The summed E-state index contributed by atoms with van der Waals surface area (Å²) in [5, 5.41) is 12.4. The van der Waals surface area contributed by atoms with Crippen molar-refractivity contribution in [2.45, 2.75) is 51.5 Å². The molecule has 0 unspecified atom stereocenters. The van der Waals surface area contributed by atoms with Crippen molar-refractivity contribution in [1.82, 2.24) is 5.32 Å². The molecule has 0 aliphatic heterocycles. The lowest BCUT2D eigenvalue weighted by Crippen LogP contribution is -2.48. The second kappa shape index (κ2) is 5.44. The molecule has 1 N–H and O–H groups in total. The van der Waals surface area contributed by atoms with Gasteiger partial charge in [-0.25, -0.2) is 0 Å². The number of aryl methyl sites for hydroxylation is 2. The number of amides is 1. The van der Waals surface area contributed by atoms with Gasteiger partial charge in [0.1, 0.15) is 5.54 Å². The van der Waals surface area contributed by atoms with E-state index in [1.54, 1.807) is 0 Å². The lowest BCUT2D eigenvalue weighted by atomic mass is 9.82. The van der Waals surface area contributed by atoms with Gasteiger partial charge < -0.3 is 5.32 Å². The topological polar surface area (TPSA) is 52.9 Å². The zero-order chi connectivity index (χ0) is 13.9. The van der Waals surface area contributed by atoms with Crippen LogP contribution in [0.5, 0.6) is 0 Å². The van der Waals surface area contributed by atoms with Gasteiger partial charge in [-0.15, -0.1) is 0 Å². The Hall–Kier alpha value is -1.82. The lowest BCUT2D eigenvalue weighted by molar-refractivity contribution is 0.0901. The van der Waals surface area contributed by atoms with Crippen LogP contribution in [0, 0.1) is 25.2 Å². The number of benzene rings is 1. The highest BCUT2D eigenvalue weighted by Gasteiger charge is 2.34. The maximum absolute atomic E-state index is 12.5. The largest absolute Gasteiger partial charge is 0.334 e. The van der Waals surface area contributed by atoms with Crippen molar-refractivity contribution in [1.29, 1.82) is 5.26 Å². The van der Waals surface area contributed by atoms with Gasteiger partial charge in [-0.05, 0) is 37.8 Å². The minimum Gasteiger partial charge on any atom is -0.334 e. The van der Waals surface area contributed by atoms with Crippen molar-refractivity contribution >= 4 is 5.91 Å². The van der Waals surface area contributed by atoms with Gasteiger partial charge >= 0.3 is 0 Å². The molecule has 19 heavy (non-hydrogen) atoms. The summed E-state index contributed by atoms with van der Waals surface area (Å²) in [5.74, 6) is -0.112. The van der Waals surface area contributed by atoms with Crippen LogP contribution in [0.4, 0.5) is 0 Å². The van der Waals surface area contributed by atoms with Gasteiger partial charge in [-0.1, -0.05) is 37.5 Å². The summed E-state index contributed by atoms with van der Waals surface area (Å²) in [5.41, 5.74) is 1.97. The zero-order valence-electron chi connectivity index (χ0n) is 11.6. The van der Waals surface area contributed by atoms with Crippen molar-refractivity contribution in [2.75, 3.05) is 0 Å². The predicted molar refractivity (Wildman–Crippen MR) is 74.8 cm³/mol. The van der Waals surface area contributed by atoms with Gasteiger partial charge in [0.25, 0.3) is 5.91 Å². The molecule has 1 aliphatic rings. The highest BCUT2D eigenvalue weighted by molar-refractivity contribution is 5.97. The fraction of sp³-hybridized carbons (Fsp3) is 0.500. The van der Waals surface area contributed by atoms with Crippen LogP contribution in [-0.4, -0.2) is 11.4 Å². The minimum absolute atomic E-state index is 0.112. The van der Waals surface area contributed by atoms with E-state index in [0.717, 1.165) is 43.2 Å². The van der Waals surface area contributed by atoms with Crippen LogP contribution in [0.25, 0.3) is 0 Å². The summed E-state index contributed by atoms with van der Waals surface area (Å²) in [6, 6.07) is 8.14. The molecule has 1 amide bonds. The lowest BCUT2D eigenvalue weighted by Gasteiger charge is -2.31. The van der Waals surface area contributed by atoms with Crippen LogP contribution in [-0.2, 0) is 0 Å². The Balaban J connectivity index is 2.23. The van der Waals surface area contributed by atoms with Crippen LogP contribution in [0.1, 0.15) is 53.6 Å². The Kier molecular flexibility index (Phi) is 3.90. The predicted octanol–water partition coefficient (Wildman–Crippen LogP) is 3.26. The third kappa shape index (κ3) is 2.78. The number of hydrogen-bond acceptors (Lipinski definition) is 2. The number of carbonyl (C=O) groups is 1. The van der Waals surface area contributed by atoms with Crippen LogP contribution < -0.4 is 5.32 Å². The second-order valence-corrected chi connectivity index (χ2v) is 5.48. The third-order valence-corrected chi connectivity index (χ3v) is 3.98. The Labute approximate surface area is 114 Å². The molecule has 3 heteroatoms. The molecule has 1 aromatic rings. The summed E-state index contributed by atoms with van der Waals surface area (Å²) in [7, 11) is 0. The fourth-order valence-electron chi connectivity index (χ4n) is 2.87. The second-order valence-electron chi connectivity index (χ2n) is 5.48. The van der Waals surface area contributed by atoms with E-state index in [-0.39, 0.29) is 5.91 Å². The van der Waals surface area contributed by atoms with E-state index in [2.05, 4.69) is 11.4 Å². The van der Waals surface area contributed by atoms with Crippen molar-refractivity contribution in [3.05, 3.63) is 34.9 Å². The van der Waals surface area contributed by atoms with E-state index >= 15 is 0 Å². The van der Waals surface area contributed by atoms with E-state index < -0.39 is 5.54 Å². The molecule has 0 aromatic heterocycles. The molecular formula is C16H20N2O. The Morgan fingerprint density at radius 1 is 1.21 bits per heavy atom. The SMILES string of the molecule is Cc1cccc(C)c1C(=O)NC1(C#N)CCCCC1. The third-order valence-electron chi connectivity index (χ3n) is 3.98. The average Bonchev–Trinajstić information content (AvgIpc) is 2.39. The van der Waals surface area contributed by atoms with Crippen LogP contribution in [0.2, 0.25) is 0 Å². The molecule has 1 fully saturated rings. The van der Waals surface area contributed by atoms with Crippen LogP contribution in [0.15, 0.2) is 18.2 Å². The molecular weight excluding hydrogens is 236 g/mol. The van der Waals surface area contributed by atoms with Gasteiger partial charge in [0.05, 0.1) is 6.07 Å². The first-order chi connectivity index (χ1) is 9.08. The maximum atomic E-state index is 12.5. The molecule has 0 heterocycles. The van der Waals surface area contributed by atoms with E-state index in [0.29, 0.717) is 5.56 Å². The summed E-state index contributed by atoms with van der Waals surface area (Å²) in [6.45, 7) is 3.86. The van der Waals surface area contributed by atoms with Gasteiger partial charge in [-0.3, -0.25) is 4.79 Å². The highest BCUT2D eigenvalue weighted by atomic mass is 16.1. The molecule has 0 bridgehead atoms. The first-order valence-corrected chi connectivity index (χ1v) is 6.88. The van der Waals surface area contributed by atoms with Gasteiger partial charge in [0.15, 0.2) is 0 Å². The fourth-order valence-corrected chi connectivity index (χ4v) is 2.87. The number of carbonyl (C=O) groups excluding carboxylic acids is 1. The first-order valence-electron chi connectivity index (χ1n) is 6.88. The molecule has 0 saturated heterocycles. The molecule has 1 aliphatic carbocycles. The highest BCUT2D eigenvalue weighted by Crippen LogP contribution is 2.28. The number of nitrogens with zero attached hydrogens (tertiary/aromatic N) is 1. The molecule has 0 radical (unpaired) electrons. The summed E-state index contributed by atoms with van der Waals surface area (Å²) >= 11 is 0. The Morgan fingerprint density at radius 2 is 1.79 bits per heavy atom. The maximum Gasteiger partial charge on any atom is 0.253 e. The number of nitrogens with one attached hydrogen (secondary N) is 1. The number of hydrogen-bond donors (Lipinski definition) is 1. The molecule has 2 rings (SSSR count). The Bertz CT molecular complexity index is 502. The van der Waals surface area contributed by atoms with E-state index in [4.69, 9.17) is 0 Å².